The van der Waals surface area contributed by atoms with E-state index < -0.39 is 0 Å². The highest BCUT2D eigenvalue weighted by molar-refractivity contribution is 8.13. The molecule has 0 aromatic rings. The molecule has 0 spiro atoms. The lowest BCUT2D eigenvalue weighted by Crippen LogP contribution is -2.48. The van der Waals surface area contributed by atoms with Crippen molar-refractivity contribution in [2.24, 2.45) is 4.99 Å². The molecule has 1 unspecified atom stereocenters. The van der Waals surface area contributed by atoms with Crippen molar-refractivity contribution in [1.29, 1.82) is 0 Å². The van der Waals surface area contributed by atoms with Crippen molar-refractivity contribution in [2.45, 2.75) is 38.6 Å². The molecule has 0 bridgehead atoms. The van der Waals surface area contributed by atoms with Gasteiger partial charge in [-0.1, -0.05) is 18.7 Å². The van der Waals surface area contributed by atoms with E-state index in [1.165, 1.54) is 6.42 Å². The molecule has 1 N–H and O–H groups in total. The van der Waals surface area contributed by atoms with Crippen molar-refractivity contribution < 1.29 is 4.79 Å². The standard InChI is InChI=1S/C12H23N3OS/c1-5-12(2)7-9-17-11(14-12)13-8-6-10(16)15(3)4/h5-9H2,1-4H3,(H,13,14). The number of hydrogen-bond donors (Lipinski definition) is 1. The normalized spacial score (nSPS) is 26.7. The summed E-state index contributed by atoms with van der Waals surface area (Å²) in [6.45, 7) is 5.00. The summed E-state index contributed by atoms with van der Waals surface area (Å²) < 4.78 is 0. The molecule has 0 saturated carbocycles. The van der Waals surface area contributed by atoms with Crippen LogP contribution in [0.1, 0.15) is 33.1 Å². The molecular weight excluding hydrogens is 234 g/mol. The number of thioether (sulfide) groups is 1. The highest BCUT2D eigenvalue weighted by atomic mass is 32.2. The predicted octanol–water partition coefficient (Wildman–Crippen LogP) is 1.72. The van der Waals surface area contributed by atoms with Crippen LogP contribution in [0.25, 0.3) is 0 Å². The molecule has 1 aliphatic heterocycles. The molecule has 1 saturated heterocycles. The molecule has 1 atom stereocenters. The zero-order valence-corrected chi connectivity index (χ0v) is 12.1. The van der Waals surface area contributed by atoms with E-state index in [0.29, 0.717) is 13.0 Å². The summed E-state index contributed by atoms with van der Waals surface area (Å²) in [5, 5.41) is 4.46. The van der Waals surface area contributed by atoms with Crippen LogP contribution in [0.4, 0.5) is 0 Å². The Bertz CT molecular complexity index is 304. The SMILES string of the molecule is CCC1(C)CCSC(=NCCC(=O)N(C)C)N1. The summed E-state index contributed by atoms with van der Waals surface area (Å²) in [5.74, 6) is 1.24. The first-order valence-corrected chi connectivity index (χ1v) is 7.11. The van der Waals surface area contributed by atoms with Gasteiger partial charge in [-0.25, -0.2) is 0 Å². The van der Waals surface area contributed by atoms with Gasteiger partial charge in [-0.05, 0) is 19.8 Å². The van der Waals surface area contributed by atoms with E-state index in [4.69, 9.17) is 0 Å². The summed E-state index contributed by atoms with van der Waals surface area (Å²) in [6.07, 6.45) is 2.76. The number of nitrogens with one attached hydrogen (secondary N) is 1. The van der Waals surface area contributed by atoms with Crippen LogP contribution in [-0.4, -0.2) is 47.9 Å². The number of rotatable bonds is 4. The lowest BCUT2D eigenvalue weighted by atomic mass is 9.96. The number of nitrogens with zero attached hydrogens (tertiary/aromatic N) is 2. The van der Waals surface area contributed by atoms with Crippen LogP contribution in [-0.2, 0) is 4.79 Å². The van der Waals surface area contributed by atoms with Crippen molar-refractivity contribution in [2.75, 3.05) is 26.4 Å². The van der Waals surface area contributed by atoms with Gasteiger partial charge < -0.3 is 10.2 Å². The minimum atomic E-state index is 0.133. The first kappa shape index (κ1) is 14.4. The molecule has 17 heavy (non-hydrogen) atoms. The number of aliphatic imine (C=N–C) groups is 1. The molecule has 4 nitrogen and oxygen atoms in total. The van der Waals surface area contributed by atoms with E-state index in [1.54, 1.807) is 30.8 Å². The van der Waals surface area contributed by atoms with E-state index in [1.807, 2.05) is 0 Å². The van der Waals surface area contributed by atoms with Gasteiger partial charge in [0.1, 0.15) is 0 Å². The number of amidine groups is 1. The Morgan fingerprint density at radius 1 is 1.59 bits per heavy atom. The molecule has 1 heterocycles. The molecular formula is C12H23N3OS. The van der Waals surface area contributed by atoms with Crippen molar-refractivity contribution in [1.82, 2.24) is 10.2 Å². The van der Waals surface area contributed by atoms with E-state index in [9.17, 15) is 4.79 Å². The zero-order chi connectivity index (χ0) is 12.9. The van der Waals surface area contributed by atoms with Gasteiger partial charge in [0, 0.05) is 31.8 Å². The summed E-state index contributed by atoms with van der Waals surface area (Å²) in [5.41, 5.74) is 0.176. The Morgan fingerprint density at radius 2 is 2.29 bits per heavy atom. The Labute approximate surface area is 108 Å². The third-order valence-corrected chi connectivity index (χ3v) is 4.07. The van der Waals surface area contributed by atoms with Crippen LogP contribution in [0.5, 0.6) is 0 Å². The van der Waals surface area contributed by atoms with Gasteiger partial charge in [0.15, 0.2) is 5.17 Å². The van der Waals surface area contributed by atoms with Crippen molar-refractivity contribution in [3.63, 3.8) is 0 Å². The maximum absolute atomic E-state index is 11.4. The minimum absolute atomic E-state index is 0.133. The van der Waals surface area contributed by atoms with E-state index in [-0.39, 0.29) is 11.4 Å². The second-order valence-electron chi connectivity index (χ2n) is 4.86. The monoisotopic (exact) mass is 257 g/mol. The Hall–Kier alpha value is -0.710. The smallest absolute Gasteiger partial charge is 0.223 e. The highest BCUT2D eigenvalue weighted by Gasteiger charge is 2.27. The zero-order valence-electron chi connectivity index (χ0n) is 11.2. The average molecular weight is 257 g/mol. The fraction of sp³-hybridized carbons (Fsp3) is 0.833. The Morgan fingerprint density at radius 3 is 2.88 bits per heavy atom. The van der Waals surface area contributed by atoms with Gasteiger partial charge in [0.2, 0.25) is 5.91 Å². The lowest BCUT2D eigenvalue weighted by molar-refractivity contribution is -0.128. The Kier molecular flexibility index (Phi) is 5.31. The minimum Gasteiger partial charge on any atom is -0.360 e. The molecule has 0 aliphatic carbocycles. The van der Waals surface area contributed by atoms with Crippen LogP contribution in [0.15, 0.2) is 4.99 Å². The quantitative estimate of drug-likeness (QED) is 0.834. The molecule has 0 aromatic heterocycles. The molecule has 5 heteroatoms. The van der Waals surface area contributed by atoms with Crippen LogP contribution in [0, 0.1) is 0 Å². The summed E-state index contributed by atoms with van der Waals surface area (Å²) in [6, 6.07) is 0. The van der Waals surface area contributed by atoms with Gasteiger partial charge in [-0.15, -0.1) is 0 Å². The molecule has 0 aromatic carbocycles. The van der Waals surface area contributed by atoms with E-state index in [0.717, 1.165) is 17.3 Å². The third-order valence-electron chi connectivity index (χ3n) is 3.16. The largest absolute Gasteiger partial charge is 0.360 e. The van der Waals surface area contributed by atoms with Gasteiger partial charge in [-0.2, -0.15) is 0 Å². The molecule has 98 valence electrons. The number of carbonyl (C=O) groups excluding carboxylic acids is 1. The lowest BCUT2D eigenvalue weighted by Gasteiger charge is -2.35. The highest BCUT2D eigenvalue weighted by Crippen LogP contribution is 2.24. The van der Waals surface area contributed by atoms with E-state index >= 15 is 0 Å². The number of carbonyl (C=O) groups is 1. The van der Waals surface area contributed by atoms with Crippen LogP contribution >= 0.6 is 11.8 Å². The van der Waals surface area contributed by atoms with E-state index in [2.05, 4.69) is 24.2 Å². The Balaban J connectivity index is 2.42. The molecule has 1 aliphatic rings. The first-order valence-electron chi connectivity index (χ1n) is 6.12. The first-order chi connectivity index (χ1) is 7.97. The summed E-state index contributed by atoms with van der Waals surface area (Å²) in [7, 11) is 3.55. The van der Waals surface area contributed by atoms with Crippen molar-refractivity contribution in [3.8, 4) is 0 Å². The molecule has 1 rings (SSSR count). The van der Waals surface area contributed by atoms with Crippen molar-refractivity contribution >= 4 is 22.8 Å². The molecule has 1 fully saturated rings. The number of amides is 1. The van der Waals surface area contributed by atoms with Gasteiger partial charge >= 0.3 is 0 Å². The maximum atomic E-state index is 11.4. The predicted molar refractivity (Wildman–Crippen MR) is 74.5 cm³/mol. The molecule has 0 radical (unpaired) electrons. The molecule has 1 amide bonds. The fourth-order valence-electron chi connectivity index (χ4n) is 1.56. The van der Waals surface area contributed by atoms with Crippen LogP contribution < -0.4 is 5.32 Å². The third kappa shape index (κ3) is 4.58. The van der Waals surface area contributed by atoms with Crippen LogP contribution in [0.2, 0.25) is 0 Å². The van der Waals surface area contributed by atoms with Crippen LogP contribution in [0.3, 0.4) is 0 Å². The van der Waals surface area contributed by atoms with Gasteiger partial charge in [0.25, 0.3) is 0 Å². The topological polar surface area (TPSA) is 44.7 Å². The van der Waals surface area contributed by atoms with Gasteiger partial charge in [-0.3, -0.25) is 9.79 Å². The fourth-order valence-corrected chi connectivity index (χ4v) is 2.80. The summed E-state index contributed by atoms with van der Waals surface area (Å²) in [4.78, 5) is 17.5. The second kappa shape index (κ2) is 6.28. The van der Waals surface area contributed by atoms with Crippen molar-refractivity contribution in [3.05, 3.63) is 0 Å². The maximum Gasteiger partial charge on any atom is 0.223 e. The second-order valence-corrected chi connectivity index (χ2v) is 5.95. The number of hydrogen-bond acceptors (Lipinski definition) is 3. The summed E-state index contributed by atoms with van der Waals surface area (Å²) >= 11 is 1.75. The average Bonchev–Trinajstić information content (AvgIpc) is 2.29. The van der Waals surface area contributed by atoms with Gasteiger partial charge in [0.05, 0.1) is 6.54 Å².